The minimum absolute atomic E-state index is 0.0274. The van der Waals surface area contributed by atoms with Crippen molar-refractivity contribution in [2.45, 2.75) is 25.2 Å². The Kier molecular flexibility index (Phi) is 5.94. The van der Waals surface area contributed by atoms with Crippen molar-refractivity contribution in [2.75, 3.05) is 33.4 Å². The number of piperidine rings is 1. The monoisotopic (exact) mass is 417 g/mol. The van der Waals surface area contributed by atoms with E-state index in [1.165, 1.54) is 0 Å². The van der Waals surface area contributed by atoms with Crippen molar-refractivity contribution in [3.05, 3.63) is 58.6 Å². The summed E-state index contributed by atoms with van der Waals surface area (Å²) in [6.07, 6.45) is 1.39. The molecule has 2 aromatic rings. The van der Waals surface area contributed by atoms with E-state index in [1.807, 2.05) is 29.2 Å². The fourth-order valence-corrected chi connectivity index (χ4v) is 3.81. The first-order chi connectivity index (χ1) is 14.1. The van der Waals surface area contributed by atoms with Crippen molar-refractivity contribution in [3.63, 3.8) is 0 Å². The third-order valence-electron chi connectivity index (χ3n) is 5.34. The van der Waals surface area contributed by atoms with E-state index in [-0.39, 0.29) is 5.91 Å². The summed E-state index contributed by atoms with van der Waals surface area (Å²) in [5, 5.41) is 0.684. The van der Waals surface area contributed by atoms with Crippen LogP contribution in [0.15, 0.2) is 42.5 Å². The van der Waals surface area contributed by atoms with Crippen LogP contribution < -0.4 is 9.47 Å². The number of hydrogen-bond acceptors (Lipinski definition) is 5. The number of methoxy groups -OCH3 is 1. The third-order valence-corrected chi connectivity index (χ3v) is 5.60. The smallest absolute Gasteiger partial charge is 0.253 e. The molecule has 0 aliphatic carbocycles. The molecule has 0 radical (unpaired) electrons. The lowest BCUT2D eigenvalue weighted by Gasteiger charge is -2.37. The van der Waals surface area contributed by atoms with Crippen molar-refractivity contribution >= 4 is 17.5 Å². The Morgan fingerprint density at radius 1 is 1.07 bits per heavy atom. The van der Waals surface area contributed by atoms with E-state index in [4.69, 9.17) is 30.5 Å². The molecule has 0 atom stereocenters. The number of carbonyl (C=O) groups excluding carboxylic acids is 1. The van der Waals surface area contributed by atoms with Crippen LogP contribution in [0.25, 0.3) is 0 Å². The molecule has 2 fully saturated rings. The van der Waals surface area contributed by atoms with Gasteiger partial charge in [-0.3, -0.25) is 4.79 Å². The lowest BCUT2D eigenvalue weighted by molar-refractivity contribution is -0.181. The number of likely N-dealkylation sites (tertiary alicyclic amines) is 1. The number of ether oxygens (including phenoxy) is 4. The van der Waals surface area contributed by atoms with Crippen LogP contribution in [0.1, 0.15) is 28.8 Å². The number of halogens is 1. The van der Waals surface area contributed by atoms with Crippen LogP contribution >= 0.6 is 11.6 Å². The quantitative estimate of drug-likeness (QED) is 0.738. The molecular weight excluding hydrogens is 394 g/mol. The highest BCUT2D eigenvalue weighted by molar-refractivity contribution is 6.30. The van der Waals surface area contributed by atoms with E-state index >= 15 is 0 Å². The number of carbonyl (C=O) groups is 1. The van der Waals surface area contributed by atoms with Gasteiger partial charge in [0.15, 0.2) is 17.3 Å². The average molecular weight is 418 g/mol. The maximum absolute atomic E-state index is 12.9. The Morgan fingerprint density at radius 3 is 2.41 bits per heavy atom. The van der Waals surface area contributed by atoms with E-state index < -0.39 is 5.79 Å². The predicted octanol–water partition coefficient (Wildman–Crippen LogP) is 3.91. The number of benzene rings is 2. The summed E-state index contributed by atoms with van der Waals surface area (Å²) in [5.41, 5.74) is 1.57. The minimum Gasteiger partial charge on any atom is -0.493 e. The topological polar surface area (TPSA) is 57.2 Å². The first-order valence-corrected chi connectivity index (χ1v) is 10.1. The highest BCUT2D eigenvalue weighted by Gasteiger charge is 2.40. The Balaban J connectivity index is 1.40. The van der Waals surface area contributed by atoms with Crippen LogP contribution in [0.2, 0.25) is 5.02 Å². The zero-order valence-corrected chi connectivity index (χ0v) is 17.1. The highest BCUT2D eigenvalue weighted by atomic mass is 35.5. The molecule has 1 spiro atoms. The molecule has 2 saturated heterocycles. The van der Waals surface area contributed by atoms with Gasteiger partial charge in [0.2, 0.25) is 0 Å². The molecule has 0 aromatic heterocycles. The molecule has 29 heavy (non-hydrogen) atoms. The molecule has 2 heterocycles. The van der Waals surface area contributed by atoms with Gasteiger partial charge >= 0.3 is 0 Å². The summed E-state index contributed by atoms with van der Waals surface area (Å²) in [4.78, 5) is 14.8. The van der Waals surface area contributed by atoms with Crippen LogP contribution in [-0.4, -0.2) is 50.0 Å². The van der Waals surface area contributed by atoms with E-state index in [0.717, 1.165) is 5.56 Å². The molecule has 4 rings (SSSR count). The lowest BCUT2D eigenvalue weighted by atomic mass is 10.0. The maximum atomic E-state index is 12.9. The second-order valence-corrected chi connectivity index (χ2v) is 7.62. The maximum Gasteiger partial charge on any atom is 0.253 e. The standard InChI is InChI=1S/C22H24ClNO5/c1-26-20-14-17(4-7-19(20)27-15-16-2-5-18(23)6-3-16)21(25)24-10-8-22(9-11-24)28-12-13-29-22/h2-7,14H,8-13,15H2,1H3. The van der Waals surface area contributed by atoms with Gasteiger partial charge in [-0.2, -0.15) is 0 Å². The van der Waals surface area contributed by atoms with Crippen molar-refractivity contribution in [3.8, 4) is 11.5 Å². The molecule has 0 N–H and O–H groups in total. The molecule has 2 aliphatic rings. The van der Waals surface area contributed by atoms with E-state index in [2.05, 4.69) is 0 Å². The first kappa shape index (κ1) is 20.0. The number of rotatable bonds is 5. The summed E-state index contributed by atoms with van der Waals surface area (Å²) in [6, 6.07) is 12.7. The Hall–Kier alpha value is -2.28. The zero-order chi connectivity index (χ0) is 20.3. The van der Waals surface area contributed by atoms with Crippen molar-refractivity contribution in [1.82, 2.24) is 4.90 Å². The van der Waals surface area contributed by atoms with Crippen LogP contribution in [0.4, 0.5) is 0 Å². The summed E-state index contributed by atoms with van der Waals surface area (Å²) >= 11 is 5.91. The van der Waals surface area contributed by atoms with Crippen LogP contribution in [0.5, 0.6) is 11.5 Å². The molecule has 1 amide bonds. The lowest BCUT2D eigenvalue weighted by Crippen LogP contribution is -2.47. The molecule has 6 nitrogen and oxygen atoms in total. The second kappa shape index (κ2) is 8.61. The van der Waals surface area contributed by atoms with Crippen LogP contribution in [0, 0.1) is 0 Å². The summed E-state index contributed by atoms with van der Waals surface area (Å²) in [7, 11) is 1.57. The van der Waals surface area contributed by atoms with Crippen LogP contribution in [0.3, 0.4) is 0 Å². The van der Waals surface area contributed by atoms with Crippen molar-refractivity contribution in [2.24, 2.45) is 0 Å². The van der Waals surface area contributed by atoms with Crippen molar-refractivity contribution < 1.29 is 23.7 Å². The Bertz CT molecular complexity index is 854. The number of nitrogens with zero attached hydrogens (tertiary/aromatic N) is 1. The molecular formula is C22H24ClNO5. The first-order valence-electron chi connectivity index (χ1n) is 9.71. The number of hydrogen-bond donors (Lipinski definition) is 0. The zero-order valence-electron chi connectivity index (χ0n) is 16.4. The number of amides is 1. The fourth-order valence-electron chi connectivity index (χ4n) is 3.68. The second-order valence-electron chi connectivity index (χ2n) is 7.18. The summed E-state index contributed by atoms with van der Waals surface area (Å²) in [6.45, 7) is 2.85. The summed E-state index contributed by atoms with van der Waals surface area (Å²) < 4.78 is 22.8. The average Bonchev–Trinajstić information content (AvgIpc) is 3.21. The van der Waals surface area contributed by atoms with Gasteiger partial charge in [0.1, 0.15) is 6.61 Å². The minimum atomic E-state index is -0.492. The van der Waals surface area contributed by atoms with E-state index in [0.29, 0.717) is 67.8 Å². The highest BCUT2D eigenvalue weighted by Crippen LogP contribution is 2.33. The van der Waals surface area contributed by atoms with Gasteiger partial charge in [-0.05, 0) is 35.9 Å². The largest absolute Gasteiger partial charge is 0.493 e. The van der Waals surface area contributed by atoms with Crippen molar-refractivity contribution in [1.29, 1.82) is 0 Å². The van der Waals surface area contributed by atoms with Gasteiger partial charge in [-0.25, -0.2) is 0 Å². The van der Waals surface area contributed by atoms with Crippen LogP contribution in [-0.2, 0) is 16.1 Å². The Morgan fingerprint density at radius 2 is 1.76 bits per heavy atom. The van der Waals surface area contributed by atoms with Gasteiger partial charge in [0.05, 0.1) is 20.3 Å². The normalized spacial score (nSPS) is 18.1. The summed E-state index contributed by atoms with van der Waals surface area (Å²) in [5.74, 6) is 0.596. The van der Waals surface area contributed by atoms with Gasteiger partial charge in [0.25, 0.3) is 5.91 Å². The van der Waals surface area contributed by atoms with Gasteiger partial charge in [-0.15, -0.1) is 0 Å². The predicted molar refractivity (Wildman–Crippen MR) is 109 cm³/mol. The van der Waals surface area contributed by atoms with Gasteiger partial charge < -0.3 is 23.8 Å². The molecule has 0 saturated carbocycles. The fraction of sp³-hybridized carbons (Fsp3) is 0.409. The molecule has 2 aliphatic heterocycles. The SMILES string of the molecule is COc1cc(C(=O)N2CCC3(CC2)OCCO3)ccc1OCc1ccc(Cl)cc1. The van der Waals surface area contributed by atoms with E-state index in [9.17, 15) is 4.79 Å². The van der Waals surface area contributed by atoms with Gasteiger partial charge in [0, 0.05) is 36.5 Å². The van der Waals surface area contributed by atoms with Gasteiger partial charge in [-0.1, -0.05) is 23.7 Å². The molecule has 0 bridgehead atoms. The molecule has 0 unspecified atom stereocenters. The van der Waals surface area contributed by atoms with E-state index in [1.54, 1.807) is 25.3 Å². The molecule has 154 valence electrons. The Labute approximate surface area is 175 Å². The molecule has 2 aromatic carbocycles. The molecule has 7 heteroatoms. The third kappa shape index (κ3) is 4.50.